The van der Waals surface area contributed by atoms with Gasteiger partial charge in [0.25, 0.3) is 5.91 Å². The zero-order valence-corrected chi connectivity index (χ0v) is 14.9. The molecule has 0 spiro atoms. The first-order valence-corrected chi connectivity index (χ1v) is 9.04. The van der Waals surface area contributed by atoms with Gasteiger partial charge in [-0.1, -0.05) is 12.1 Å². The van der Waals surface area contributed by atoms with Crippen LogP contribution >= 0.6 is 0 Å². The van der Waals surface area contributed by atoms with Crippen LogP contribution in [0.2, 0.25) is 0 Å². The average Bonchev–Trinajstić information content (AvgIpc) is 3.22. The molecule has 7 heteroatoms. The number of carbonyl (C=O) groups is 1. The van der Waals surface area contributed by atoms with Gasteiger partial charge in [-0.15, -0.1) is 0 Å². The molecule has 1 atom stereocenters. The maximum absolute atomic E-state index is 12.9. The first kappa shape index (κ1) is 17.2. The molecule has 3 heterocycles. The van der Waals surface area contributed by atoms with Crippen molar-refractivity contribution in [2.24, 2.45) is 0 Å². The maximum atomic E-state index is 12.9. The summed E-state index contributed by atoms with van der Waals surface area (Å²) in [5.74, 6) is 0.539. The third-order valence-corrected chi connectivity index (χ3v) is 4.62. The highest BCUT2D eigenvalue weighted by Crippen LogP contribution is 2.18. The summed E-state index contributed by atoms with van der Waals surface area (Å²) >= 11 is 0. The molecule has 1 fully saturated rings. The largest absolute Gasteiger partial charge is 0.471 e. The quantitative estimate of drug-likeness (QED) is 0.696. The molecule has 0 N–H and O–H groups in total. The highest BCUT2D eigenvalue weighted by atomic mass is 16.5. The van der Waals surface area contributed by atoms with Crippen LogP contribution in [0.25, 0.3) is 0 Å². The van der Waals surface area contributed by atoms with E-state index in [-0.39, 0.29) is 12.0 Å². The zero-order chi connectivity index (χ0) is 18.5. The van der Waals surface area contributed by atoms with Crippen LogP contribution in [0.4, 0.5) is 0 Å². The molecule has 0 saturated carbocycles. The summed E-state index contributed by atoms with van der Waals surface area (Å²) in [6.45, 7) is 2.05. The summed E-state index contributed by atoms with van der Waals surface area (Å²) in [6.07, 6.45) is 12.0. The van der Waals surface area contributed by atoms with E-state index >= 15 is 0 Å². The molecule has 1 saturated heterocycles. The van der Waals surface area contributed by atoms with Crippen LogP contribution in [0.5, 0.6) is 5.88 Å². The Morgan fingerprint density at radius 1 is 1.15 bits per heavy atom. The average molecular weight is 363 g/mol. The third kappa shape index (κ3) is 4.31. The first-order chi connectivity index (χ1) is 13.3. The van der Waals surface area contributed by atoms with Gasteiger partial charge < -0.3 is 14.2 Å². The van der Waals surface area contributed by atoms with E-state index in [0.717, 1.165) is 31.5 Å². The van der Waals surface area contributed by atoms with Crippen LogP contribution < -0.4 is 4.74 Å². The molecule has 4 rings (SSSR count). The normalized spacial score (nSPS) is 16.9. The molecule has 7 nitrogen and oxygen atoms in total. The fourth-order valence-corrected chi connectivity index (χ4v) is 3.26. The smallest absolute Gasteiger partial charge is 0.253 e. The molecular formula is C20H21N5O2. The summed E-state index contributed by atoms with van der Waals surface area (Å²) in [4.78, 5) is 26.9. The van der Waals surface area contributed by atoms with Gasteiger partial charge in [0.05, 0.1) is 19.1 Å². The van der Waals surface area contributed by atoms with Crippen molar-refractivity contribution in [2.45, 2.75) is 25.5 Å². The molecule has 3 aromatic rings. The lowest BCUT2D eigenvalue weighted by molar-refractivity contribution is 0.0527. The molecule has 27 heavy (non-hydrogen) atoms. The number of nitrogens with zero attached hydrogens (tertiary/aromatic N) is 5. The Labute approximate surface area is 157 Å². The number of carbonyl (C=O) groups excluding carboxylic acids is 1. The SMILES string of the molecule is O=C(c1ccc(Cn2ccnc2)cc1)N1CCC[C@@H](Oc2cnccn2)C1. The molecule has 0 radical (unpaired) electrons. The first-order valence-electron chi connectivity index (χ1n) is 9.04. The predicted octanol–water partition coefficient (Wildman–Crippen LogP) is 2.41. The highest BCUT2D eigenvalue weighted by molar-refractivity contribution is 5.94. The van der Waals surface area contributed by atoms with Crippen molar-refractivity contribution in [1.82, 2.24) is 24.4 Å². The lowest BCUT2D eigenvalue weighted by atomic mass is 10.1. The minimum atomic E-state index is -0.0556. The van der Waals surface area contributed by atoms with Gasteiger partial charge in [-0.05, 0) is 30.5 Å². The fraction of sp³-hybridized carbons (Fsp3) is 0.300. The standard InChI is InChI=1S/C20H21N5O2/c26-20(17-5-3-16(4-6-17)13-24-11-9-22-15-24)25-10-1-2-18(14-25)27-19-12-21-7-8-23-19/h3-9,11-12,15,18H,1-2,10,13-14H2/t18-/m1/s1. The number of hydrogen-bond acceptors (Lipinski definition) is 5. The van der Waals surface area contributed by atoms with E-state index in [1.165, 1.54) is 0 Å². The van der Waals surface area contributed by atoms with Crippen LogP contribution in [0.1, 0.15) is 28.8 Å². The summed E-state index contributed by atoms with van der Waals surface area (Å²) < 4.78 is 7.87. The Kier molecular flexibility index (Phi) is 5.09. The monoisotopic (exact) mass is 363 g/mol. The van der Waals surface area contributed by atoms with Crippen molar-refractivity contribution in [2.75, 3.05) is 13.1 Å². The van der Waals surface area contributed by atoms with Crippen molar-refractivity contribution in [3.8, 4) is 5.88 Å². The van der Waals surface area contributed by atoms with Crippen molar-refractivity contribution >= 4 is 5.91 Å². The lowest BCUT2D eigenvalue weighted by Crippen LogP contribution is -2.44. The minimum Gasteiger partial charge on any atom is -0.471 e. The number of likely N-dealkylation sites (tertiary alicyclic amines) is 1. The molecule has 0 bridgehead atoms. The molecule has 1 aromatic carbocycles. The van der Waals surface area contributed by atoms with Crippen molar-refractivity contribution in [3.05, 3.63) is 72.7 Å². The van der Waals surface area contributed by atoms with Crippen molar-refractivity contribution < 1.29 is 9.53 Å². The molecule has 0 aliphatic carbocycles. The van der Waals surface area contributed by atoms with E-state index in [2.05, 4.69) is 15.0 Å². The number of amides is 1. The number of piperidine rings is 1. The number of rotatable bonds is 5. The summed E-state index contributed by atoms with van der Waals surface area (Å²) in [5, 5.41) is 0. The third-order valence-electron chi connectivity index (χ3n) is 4.62. The maximum Gasteiger partial charge on any atom is 0.253 e. The van der Waals surface area contributed by atoms with Gasteiger partial charge in [0.1, 0.15) is 6.10 Å². The van der Waals surface area contributed by atoms with E-state index in [0.29, 0.717) is 18.0 Å². The van der Waals surface area contributed by atoms with Gasteiger partial charge in [0.15, 0.2) is 0 Å². The van der Waals surface area contributed by atoms with Crippen LogP contribution in [0, 0.1) is 0 Å². The number of aromatic nitrogens is 4. The number of hydrogen-bond donors (Lipinski definition) is 0. The van der Waals surface area contributed by atoms with Gasteiger partial charge in [0, 0.05) is 43.4 Å². The van der Waals surface area contributed by atoms with E-state index in [1.54, 1.807) is 31.1 Å². The molecule has 1 aliphatic heterocycles. The number of benzene rings is 1. The van der Waals surface area contributed by atoms with Crippen LogP contribution in [0.15, 0.2) is 61.6 Å². The van der Waals surface area contributed by atoms with Gasteiger partial charge in [-0.2, -0.15) is 0 Å². The minimum absolute atomic E-state index is 0.0385. The Hall–Kier alpha value is -3.22. The molecule has 1 amide bonds. The Bertz CT molecular complexity index is 865. The molecule has 0 unspecified atom stereocenters. The van der Waals surface area contributed by atoms with Gasteiger partial charge in [0.2, 0.25) is 5.88 Å². The summed E-state index contributed by atoms with van der Waals surface area (Å²) in [7, 11) is 0. The lowest BCUT2D eigenvalue weighted by Gasteiger charge is -2.32. The highest BCUT2D eigenvalue weighted by Gasteiger charge is 2.26. The van der Waals surface area contributed by atoms with E-state index in [1.807, 2.05) is 39.9 Å². The Morgan fingerprint density at radius 2 is 2.04 bits per heavy atom. The topological polar surface area (TPSA) is 73.1 Å². The second-order valence-corrected chi connectivity index (χ2v) is 6.61. The zero-order valence-electron chi connectivity index (χ0n) is 14.9. The van der Waals surface area contributed by atoms with E-state index in [4.69, 9.17) is 4.74 Å². The number of ether oxygens (including phenoxy) is 1. The molecule has 138 valence electrons. The van der Waals surface area contributed by atoms with Crippen molar-refractivity contribution in [1.29, 1.82) is 0 Å². The molecule has 1 aliphatic rings. The van der Waals surface area contributed by atoms with Crippen LogP contribution in [-0.2, 0) is 6.54 Å². The van der Waals surface area contributed by atoms with Gasteiger partial charge in [-0.3, -0.25) is 9.78 Å². The Morgan fingerprint density at radius 3 is 2.78 bits per heavy atom. The molecule has 2 aromatic heterocycles. The summed E-state index contributed by atoms with van der Waals surface area (Å²) in [6, 6.07) is 7.76. The second kappa shape index (κ2) is 7.99. The molecular weight excluding hydrogens is 342 g/mol. The Balaban J connectivity index is 1.38. The predicted molar refractivity (Wildman–Crippen MR) is 99.4 cm³/mol. The second-order valence-electron chi connectivity index (χ2n) is 6.61. The summed E-state index contributed by atoms with van der Waals surface area (Å²) in [5.41, 5.74) is 1.83. The van der Waals surface area contributed by atoms with Crippen molar-refractivity contribution in [3.63, 3.8) is 0 Å². The van der Waals surface area contributed by atoms with Gasteiger partial charge in [-0.25, -0.2) is 9.97 Å². The number of imidazole rings is 1. The van der Waals surface area contributed by atoms with Crippen LogP contribution in [0.3, 0.4) is 0 Å². The fourth-order valence-electron chi connectivity index (χ4n) is 3.26. The van der Waals surface area contributed by atoms with Gasteiger partial charge >= 0.3 is 0 Å². The van der Waals surface area contributed by atoms with E-state index in [9.17, 15) is 4.79 Å². The van der Waals surface area contributed by atoms with E-state index < -0.39 is 0 Å². The van der Waals surface area contributed by atoms with Crippen LogP contribution in [-0.4, -0.2) is 49.5 Å².